The zero-order valence-corrected chi connectivity index (χ0v) is 17.2. The van der Waals surface area contributed by atoms with Gasteiger partial charge in [-0.25, -0.2) is 4.98 Å². The summed E-state index contributed by atoms with van der Waals surface area (Å²) < 4.78 is 21.8. The van der Waals surface area contributed by atoms with Gasteiger partial charge in [0.2, 0.25) is 11.8 Å². The van der Waals surface area contributed by atoms with Crippen LogP contribution in [-0.4, -0.2) is 29.4 Å². The Kier molecular flexibility index (Phi) is 5.73. The van der Waals surface area contributed by atoms with E-state index in [2.05, 4.69) is 15.2 Å². The molecule has 0 aliphatic heterocycles. The highest BCUT2D eigenvalue weighted by atomic mass is 35.5. The lowest BCUT2D eigenvalue weighted by Crippen LogP contribution is -1.88. The molecule has 2 aromatic heterocycles. The first kappa shape index (κ1) is 19.4. The standard InChI is InChI=1S/C20H16ClN3O4S/c1-25-16-7-13(8-17(9-16)26-2)19-23-24-20(28-19)29-11-15-10-27-18(22-15)12-3-5-14(21)6-4-12/h3-10H,11H2,1-2H3. The SMILES string of the molecule is COc1cc(OC)cc(-c2nnc(SCc3coc(-c4ccc(Cl)cc4)n3)o2)c1. The van der Waals surface area contributed by atoms with Gasteiger partial charge in [0.05, 0.1) is 19.9 Å². The first-order valence-corrected chi connectivity index (χ1v) is 9.91. The van der Waals surface area contributed by atoms with E-state index in [1.807, 2.05) is 12.1 Å². The molecule has 0 unspecified atom stereocenters. The fourth-order valence-electron chi connectivity index (χ4n) is 2.55. The van der Waals surface area contributed by atoms with Gasteiger partial charge in [0, 0.05) is 28.0 Å². The summed E-state index contributed by atoms with van der Waals surface area (Å²) in [5, 5.41) is 9.28. The van der Waals surface area contributed by atoms with Gasteiger partial charge in [0.1, 0.15) is 17.8 Å². The molecule has 9 heteroatoms. The van der Waals surface area contributed by atoms with Crippen molar-refractivity contribution in [3.8, 4) is 34.4 Å². The summed E-state index contributed by atoms with van der Waals surface area (Å²) in [4.78, 5) is 4.48. The van der Waals surface area contributed by atoms with E-state index in [4.69, 9.17) is 29.9 Å². The number of hydrogen-bond donors (Lipinski definition) is 0. The molecule has 0 atom stereocenters. The second-order valence-corrected chi connectivity index (χ2v) is 7.28. The first-order chi connectivity index (χ1) is 14.1. The van der Waals surface area contributed by atoms with E-state index < -0.39 is 0 Å². The Labute approximate surface area is 176 Å². The minimum absolute atomic E-state index is 0.381. The second kappa shape index (κ2) is 8.59. The average Bonchev–Trinajstić information content (AvgIpc) is 3.42. The number of methoxy groups -OCH3 is 2. The normalized spacial score (nSPS) is 10.9. The van der Waals surface area contributed by atoms with Crippen molar-refractivity contribution in [2.45, 2.75) is 11.0 Å². The van der Waals surface area contributed by atoms with Crippen molar-refractivity contribution in [1.82, 2.24) is 15.2 Å². The number of ether oxygens (including phenoxy) is 2. The summed E-state index contributed by atoms with van der Waals surface area (Å²) in [5.41, 5.74) is 2.34. The third-order valence-electron chi connectivity index (χ3n) is 3.99. The molecule has 0 N–H and O–H groups in total. The van der Waals surface area contributed by atoms with Gasteiger partial charge in [-0.2, -0.15) is 0 Å². The van der Waals surface area contributed by atoms with Crippen LogP contribution >= 0.6 is 23.4 Å². The Morgan fingerprint density at radius 1 is 0.931 bits per heavy atom. The van der Waals surface area contributed by atoms with E-state index in [9.17, 15) is 0 Å². The number of rotatable bonds is 7. The van der Waals surface area contributed by atoms with Gasteiger partial charge in [-0.3, -0.25) is 0 Å². The number of halogens is 1. The van der Waals surface area contributed by atoms with Crippen LogP contribution in [0.4, 0.5) is 0 Å². The van der Waals surface area contributed by atoms with Crippen LogP contribution in [0.15, 0.2) is 62.8 Å². The number of thioether (sulfide) groups is 1. The molecule has 2 aromatic carbocycles. The smallest absolute Gasteiger partial charge is 0.277 e. The molecular weight excluding hydrogens is 414 g/mol. The van der Waals surface area contributed by atoms with Crippen molar-refractivity contribution in [3.63, 3.8) is 0 Å². The van der Waals surface area contributed by atoms with Gasteiger partial charge in [0.25, 0.3) is 5.22 Å². The van der Waals surface area contributed by atoms with Gasteiger partial charge in [-0.1, -0.05) is 23.4 Å². The van der Waals surface area contributed by atoms with Gasteiger partial charge in [0.15, 0.2) is 0 Å². The van der Waals surface area contributed by atoms with Gasteiger partial charge >= 0.3 is 0 Å². The molecule has 0 fully saturated rings. The van der Waals surface area contributed by atoms with Crippen LogP contribution in [0.3, 0.4) is 0 Å². The highest BCUT2D eigenvalue weighted by molar-refractivity contribution is 7.98. The summed E-state index contributed by atoms with van der Waals surface area (Å²) in [6, 6.07) is 12.7. The third-order valence-corrected chi connectivity index (χ3v) is 5.10. The zero-order chi connectivity index (χ0) is 20.2. The molecular formula is C20H16ClN3O4S. The van der Waals surface area contributed by atoms with Crippen LogP contribution < -0.4 is 9.47 Å². The van der Waals surface area contributed by atoms with Crippen LogP contribution in [0.5, 0.6) is 11.5 Å². The van der Waals surface area contributed by atoms with Crippen molar-refractivity contribution in [1.29, 1.82) is 0 Å². The minimum Gasteiger partial charge on any atom is -0.497 e. The molecule has 0 radical (unpaired) electrons. The number of benzene rings is 2. The Morgan fingerprint density at radius 3 is 2.34 bits per heavy atom. The average molecular weight is 430 g/mol. The fourth-order valence-corrected chi connectivity index (χ4v) is 3.32. The van der Waals surface area contributed by atoms with Crippen molar-refractivity contribution >= 4 is 23.4 Å². The van der Waals surface area contributed by atoms with E-state index in [1.165, 1.54) is 11.8 Å². The van der Waals surface area contributed by atoms with Gasteiger partial charge in [-0.15, -0.1) is 10.2 Å². The first-order valence-electron chi connectivity index (χ1n) is 8.54. The van der Waals surface area contributed by atoms with Crippen LogP contribution in [0, 0.1) is 0 Å². The summed E-state index contributed by atoms with van der Waals surface area (Å²) in [6.07, 6.45) is 1.61. The molecule has 148 valence electrons. The molecule has 0 saturated heterocycles. The van der Waals surface area contributed by atoms with E-state index in [0.29, 0.717) is 44.8 Å². The minimum atomic E-state index is 0.381. The maximum Gasteiger partial charge on any atom is 0.277 e. The molecule has 7 nitrogen and oxygen atoms in total. The van der Waals surface area contributed by atoms with Crippen molar-refractivity contribution in [2.75, 3.05) is 14.2 Å². The Morgan fingerprint density at radius 2 is 1.66 bits per heavy atom. The number of aromatic nitrogens is 3. The molecule has 0 saturated carbocycles. The predicted molar refractivity (Wildman–Crippen MR) is 109 cm³/mol. The van der Waals surface area contributed by atoms with E-state index in [1.54, 1.807) is 50.8 Å². The summed E-state index contributed by atoms with van der Waals surface area (Å²) in [5.74, 6) is 2.73. The van der Waals surface area contributed by atoms with Crippen LogP contribution in [-0.2, 0) is 5.75 Å². The lowest BCUT2D eigenvalue weighted by Gasteiger charge is -2.05. The molecule has 2 heterocycles. The molecule has 4 aromatic rings. The predicted octanol–water partition coefficient (Wildman–Crippen LogP) is 5.35. The highest BCUT2D eigenvalue weighted by Gasteiger charge is 2.13. The molecule has 0 aliphatic carbocycles. The number of nitrogens with zero attached hydrogens (tertiary/aromatic N) is 3. The fraction of sp³-hybridized carbons (Fsp3) is 0.150. The number of hydrogen-bond acceptors (Lipinski definition) is 8. The van der Waals surface area contributed by atoms with Crippen molar-refractivity contribution in [3.05, 3.63) is 59.4 Å². The van der Waals surface area contributed by atoms with Crippen LogP contribution in [0.1, 0.15) is 5.69 Å². The topological polar surface area (TPSA) is 83.4 Å². The van der Waals surface area contributed by atoms with E-state index in [-0.39, 0.29) is 0 Å². The van der Waals surface area contributed by atoms with Gasteiger partial charge < -0.3 is 18.3 Å². The van der Waals surface area contributed by atoms with Crippen molar-refractivity contribution < 1.29 is 18.3 Å². The van der Waals surface area contributed by atoms with Crippen molar-refractivity contribution in [2.24, 2.45) is 0 Å². The quantitative estimate of drug-likeness (QED) is 0.363. The molecule has 0 spiro atoms. The van der Waals surface area contributed by atoms with E-state index in [0.717, 1.165) is 11.3 Å². The van der Waals surface area contributed by atoms with Crippen LogP contribution in [0.2, 0.25) is 5.02 Å². The molecule has 0 aliphatic rings. The summed E-state index contributed by atoms with van der Waals surface area (Å²) in [6.45, 7) is 0. The largest absolute Gasteiger partial charge is 0.497 e. The second-order valence-electron chi connectivity index (χ2n) is 5.91. The summed E-state index contributed by atoms with van der Waals surface area (Å²) >= 11 is 7.28. The molecule has 0 amide bonds. The number of oxazole rings is 1. The molecule has 0 bridgehead atoms. The highest BCUT2D eigenvalue weighted by Crippen LogP contribution is 2.31. The Bertz CT molecular complexity index is 1090. The lowest BCUT2D eigenvalue weighted by molar-refractivity contribution is 0.394. The Balaban J connectivity index is 1.44. The van der Waals surface area contributed by atoms with E-state index >= 15 is 0 Å². The summed E-state index contributed by atoms with van der Waals surface area (Å²) in [7, 11) is 3.17. The van der Waals surface area contributed by atoms with Crippen LogP contribution in [0.25, 0.3) is 22.9 Å². The molecule has 29 heavy (non-hydrogen) atoms. The maximum absolute atomic E-state index is 5.91. The monoisotopic (exact) mass is 429 g/mol. The zero-order valence-electron chi connectivity index (χ0n) is 15.6. The third kappa shape index (κ3) is 4.55. The van der Waals surface area contributed by atoms with Gasteiger partial charge in [-0.05, 0) is 36.4 Å². The maximum atomic E-state index is 5.91. The molecule has 4 rings (SSSR count). The lowest BCUT2D eigenvalue weighted by atomic mass is 10.2. The Hall–Kier alpha value is -2.97.